The van der Waals surface area contributed by atoms with Crippen molar-refractivity contribution in [1.82, 2.24) is 0 Å². The van der Waals surface area contributed by atoms with E-state index in [4.69, 9.17) is 15.0 Å². The normalized spacial score (nSPS) is 10.3. The molecule has 0 saturated heterocycles. The largest absolute Gasteiger partial charge is 0.463 e. The van der Waals surface area contributed by atoms with Crippen molar-refractivity contribution in [2.75, 3.05) is 13.2 Å². The van der Waals surface area contributed by atoms with Crippen molar-refractivity contribution in [1.29, 1.82) is 0 Å². The van der Waals surface area contributed by atoms with Gasteiger partial charge in [-0.25, -0.2) is 4.79 Å². The van der Waals surface area contributed by atoms with Gasteiger partial charge in [0.15, 0.2) is 0 Å². The third-order valence-electron chi connectivity index (χ3n) is 2.58. The number of esters is 1. The first-order valence-corrected chi connectivity index (χ1v) is 8.28. The van der Waals surface area contributed by atoms with Gasteiger partial charge in [0.25, 0.3) is 10.1 Å². The van der Waals surface area contributed by atoms with Gasteiger partial charge in [-0.05, 0) is 44.9 Å². The van der Waals surface area contributed by atoms with E-state index in [-0.39, 0.29) is 10.9 Å². The summed E-state index contributed by atoms with van der Waals surface area (Å²) in [5, 5.41) is 0. The van der Waals surface area contributed by atoms with Crippen molar-refractivity contribution in [3.05, 3.63) is 42.5 Å². The third kappa shape index (κ3) is 10.1. The van der Waals surface area contributed by atoms with Crippen LogP contribution in [0.25, 0.3) is 0 Å². The number of carbonyl (C=O) groups excluding carboxylic acids is 1. The van der Waals surface area contributed by atoms with Crippen LogP contribution in [0.15, 0.2) is 41.8 Å². The van der Waals surface area contributed by atoms with Crippen molar-refractivity contribution >= 4 is 16.1 Å². The van der Waals surface area contributed by atoms with Gasteiger partial charge in [-0.2, -0.15) is 8.42 Å². The second-order valence-electron chi connectivity index (χ2n) is 4.51. The average molecular weight is 329 g/mol. The molecule has 22 heavy (non-hydrogen) atoms. The van der Waals surface area contributed by atoms with Gasteiger partial charge >= 0.3 is 5.97 Å². The lowest BCUT2D eigenvalue weighted by molar-refractivity contribution is -0.137. The molecule has 0 aromatic heterocycles. The molecule has 0 unspecified atom stereocenters. The molecule has 3 N–H and O–H groups in total. The van der Waals surface area contributed by atoms with Crippen LogP contribution in [0.4, 0.5) is 0 Å². The zero-order valence-corrected chi connectivity index (χ0v) is 13.5. The third-order valence-corrected chi connectivity index (χ3v) is 3.45. The Morgan fingerprint density at radius 3 is 2.32 bits per heavy atom. The standard InChI is InChI=1S/C8H15NO2.C7H8O3S/c1-2-8(10)11-7-5-3-4-6-9;1-6-2-4-7(5-3-6)11(8,9)10/h2H,1,3-7,9H2;2-5H,1H3,(H,8,9,10). The molecule has 1 aromatic carbocycles. The van der Waals surface area contributed by atoms with E-state index in [9.17, 15) is 13.2 Å². The molecule has 7 heteroatoms. The maximum atomic E-state index is 10.5. The van der Waals surface area contributed by atoms with Gasteiger partial charge in [-0.3, -0.25) is 4.55 Å². The number of nitrogens with two attached hydrogens (primary N) is 1. The fourth-order valence-electron chi connectivity index (χ4n) is 1.37. The summed E-state index contributed by atoms with van der Waals surface area (Å²) in [6.45, 7) is 6.30. The zero-order valence-electron chi connectivity index (χ0n) is 12.7. The van der Waals surface area contributed by atoms with Crippen LogP contribution in [0, 0.1) is 6.92 Å². The van der Waals surface area contributed by atoms with Gasteiger partial charge in [-0.1, -0.05) is 24.3 Å². The van der Waals surface area contributed by atoms with Crippen molar-refractivity contribution in [3.8, 4) is 0 Å². The maximum Gasteiger partial charge on any atom is 0.330 e. The van der Waals surface area contributed by atoms with E-state index in [1.807, 2.05) is 6.92 Å². The van der Waals surface area contributed by atoms with Crippen LogP contribution in [-0.2, 0) is 19.6 Å². The minimum atomic E-state index is -4.02. The first-order chi connectivity index (χ1) is 10.3. The highest BCUT2D eigenvalue weighted by Gasteiger charge is 2.06. The topological polar surface area (TPSA) is 107 Å². The summed E-state index contributed by atoms with van der Waals surface area (Å²) in [5.74, 6) is -0.349. The first-order valence-electron chi connectivity index (χ1n) is 6.84. The van der Waals surface area contributed by atoms with Gasteiger partial charge in [0.2, 0.25) is 0 Å². The van der Waals surface area contributed by atoms with Crippen LogP contribution in [0.5, 0.6) is 0 Å². The lowest BCUT2D eigenvalue weighted by Crippen LogP contribution is -2.03. The molecule has 0 heterocycles. The highest BCUT2D eigenvalue weighted by atomic mass is 32.2. The van der Waals surface area contributed by atoms with Crippen LogP contribution >= 0.6 is 0 Å². The molecule has 0 saturated carbocycles. The molecule has 0 radical (unpaired) electrons. The summed E-state index contributed by atoms with van der Waals surface area (Å²) in [4.78, 5) is 10.4. The number of unbranched alkanes of at least 4 members (excludes halogenated alkanes) is 2. The number of rotatable bonds is 7. The molecular formula is C15H23NO5S. The number of hydrogen-bond donors (Lipinski definition) is 2. The quantitative estimate of drug-likeness (QED) is 0.343. The van der Waals surface area contributed by atoms with Crippen LogP contribution in [0.2, 0.25) is 0 Å². The van der Waals surface area contributed by atoms with E-state index in [0.717, 1.165) is 24.8 Å². The van der Waals surface area contributed by atoms with Gasteiger partial charge in [0, 0.05) is 6.08 Å². The molecule has 0 aliphatic rings. The highest BCUT2D eigenvalue weighted by Crippen LogP contribution is 2.08. The Labute approximate surface area is 131 Å². The van der Waals surface area contributed by atoms with Gasteiger partial charge in [-0.15, -0.1) is 0 Å². The molecule has 0 bridgehead atoms. The molecule has 0 fully saturated rings. The van der Waals surface area contributed by atoms with E-state index in [1.165, 1.54) is 18.2 Å². The number of ether oxygens (including phenoxy) is 1. The van der Waals surface area contributed by atoms with E-state index in [0.29, 0.717) is 13.2 Å². The molecular weight excluding hydrogens is 306 g/mol. The molecule has 0 aliphatic carbocycles. The van der Waals surface area contributed by atoms with Crippen molar-refractivity contribution in [3.63, 3.8) is 0 Å². The summed E-state index contributed by atoms with van der Waals surface area (Å²) in [6, 6.07) is 5.99. The lowest BCUT2D eigenvalue weighted by Gasteiger charge is -1.99. The number of hydrogen-bond acceptors (Lipinski definition) is 5. The van der Waals surface area contributed by atoms with Crippen molar-refractivity contribution in [2.24, 2.45) is 5.73 Å². The molecule has 6 nitrogen and oxygen atoms in total. The van der Waals surface area contributed by atoms with Crippen LogP contribution < -0.4 is 5.73 Å². The van der Waals surface area contributed by atoms with Gasteiger partial charge in [0.05, 0.1) is 11.5 Å². The van der Waals surface area contributed by atoms with Crippen molar-refractivity contribution in [2.45, 2.75) is 31.1 Å². The zero-order chi connectivity index (χ0) is 17.0. The summed E-state index contributed by atoms with van der Waals surface area (Å²) in [7, 11) is -4.02. The van der Waals surface area contributed by atoms with E-state index < -0.39 is 10.1 Å². The van der Waals surface area contributed by atoms with E-state index in [1.54, 1.807) is 12.1 Å². The predicted octanol–water partition coefficient (Wildman–Crippen LogP) is 2.09. The summed E-state index contributed by atoms with van der Waals surface area (Å²) >= 11 is 0. The minimum Gasteiger partial charge on any atom is -0.463 e. The maximum absolute atomic E-state index is 10.5. The Morgan fingerprint density at radius 1 is 1.27 bits per heavy atom. The van der Waals surface area contributed by atoms with Crippen LogP contribution in [-0.4, -0.2) is 32.1 Å². The Balaban J connectivity index is 0.000000401. The second kappa shape index (κ2) is 10.9. The predicted molar refractivity (Wildman–Crippen MR) is 85.1 cm³/mol. The summed E-state index contributed by atoms with van der Waals surface area (Å²) in [5.41, 5.74) is 6.23. The van der Waals surface area contributed by atoms with Gasteiger partial charge in [0.1, 0.15) is 0 Å². The Hall–Kier alpha value is -1.70. The Morgan fingerprint density at radius 2 is 1.86 bits per heavy atom. The van der Waals surface area contributed by atoms with Crippen LogP contribution in [0.1, 0.15) is 24.8 Å². The molecule has 1 rings (SSSR count). The molecule has 0 spiro atoms. The van der Waals surface area contributed by atoms with E-state index >= 15 is 0 Å². The number of benzene rings is 1. The van der Waals surface area contributed by atoms with Gasteiger partial charge < -0.3 is 10.5 Å². The SMILES string of the molecule is C=CC(=O)OCCCCCN.Cc1ccc(S(=O)(=O)O)cc1. The Bertz CT molecular complexity index is 552. The average Bonchev–Trinajstić information content (AvgIpc) is 2.47. The second-order valence-corrected chi connectivity index (χ2v) is 5.93. The summed E-state index contributed by atoms with van der Waals surface area (Å²) in [6.07, 6.45) is 4.06. The highest BCUT2D eigenvalue weighted by molar-refractivity contribution is 7.85. The lowest BCUT2D eigenvalue weighted by atomic mass is 10.2. The monoisotopic (exact) mass is 329 g/mol. The van der Waals surface area contributed by atoms with Crippen molar-refractivity contribution < 1.29 is 22.5 Å². The molecule has 0 atom stereocenters. The smallest absolute Gasteiger partial charge is 0.330 e. The Kier molecular flexibility index (Phi) is 10.1. The molecule has 0 amide bonds. The van der Waals surface area contributed by atoms with Crippen LogP contribution in [0.3, 0.4) is 0 Å². The molecule has 1 aromatic rings. The first kappa shape index (κ1) is 20.3. The number of carbonyl (C=O) groups is 1. The number of aryl methyl sites for hydroxylation is 1. The summed E-state index contributed by atoms with van der Waals surface area (Å²) < 4.78 is 34.3. The molecule has 0 aliphatic heterocycles. The van der Waals surface area contributed by atoms with E-state index in [2.05, 4.69) is 6.58 Å². The molecule has 124 valence electrons. The minimum absolute atomic E-state index is 0.0666. The fraction of sp³-hybridized carbons (Fsp3) is 0.400. The fourth-order valence-corrected chi connectivity index (χ4v) is 1.85.